The van der Waals surface area contributed by atoms with Crippen LogP contribution in [0.4, 0.5) is 5.69 Å². The van der Waals surface area contributed by atoms with Crippen molar-refractivity contribution in [3.8, 4) is 0 Å². The minimum atomic E-state index is -1.55. The maximum atomic E-state index is 13.1. The first-order valence-electron chi connectivity index (χ1n) is 7.27. The Hall–Kier alpha value is -2.25. The molecular weight excluding hydrogens is 296 g/mol. The van der Waals surface area contributed by atoms with Gasteiger partial charge in [0.15, 0.2) is 0 Å². The van der Waals surface area contributed by atoms with Gasteiger partial charge in [-0.05, 0) is 19.1 Å². The van der Waals surface area contributed by atoms with E-state index in [4.69, 9.17) is 4.84 Å². The van der Waals surface area contributed by atoms with Crippen LogP contribution in [-0.2, 0) is 9.63 Å². The Morgan fingerprint density at radius 3 is 2.43 bits per heavy atom. The molecule has 1 atom stereocenters. The summed E-state index contributed by atoms with van der Waals surface area (Å²) in [5, 5.41) is 19.5. The number of carbonyl (C=O) groups is 1. The minimum absolute atomic E-state index is 0.277. The number of hydrogen-bond donors (Lipinski definition) is 2. The van der Waals surface area contributed by atoms with Gasteiger partial charge in [-0.3, -0.25) is 4.79 Å². The first-order chi connectivity index (χ1) is 10.8. The fourth-order valence-corrected chi connectivity index (χ4v) is 2.65. The second kappa shape index (κ2) is 6.10. The molecule has 1 unspecified atom stereocenters. The van der Waals surface area contributed by atoms with Gasteiger partial charge in [-0.15, -0.1) is 0 Å². The highest BCUT2D eigenvalue weighted by atomic mass is 16.6. The van der Waals surface area contributed by atoms with Crippen molar-refractivity contribution in [2.24, 2.45) is 15.7 Å². The number of rotatable bonds is 4. The van der Waals surface area contributed by atoms with Crippen molar-refractivity contribution in [1.29, 1.82) is 0 Å². The van der Waals surface area contributed by atoms with Crippen molar-refractivity contribution in [3.05, 3.63) is 30.3 Å². The van der Waals surface area contributed by atoms with Crippen molar-refractivity contribution < 1.29 is 14.8 Å². The van der Waals surface area contributed by atoms with Crippen LogP contribution in [0.25, 0.3) is 0 Å². The average Bonchev–Trinajstić information content (AvgIpc) is 2.82. The van der Waals surface area contributed by atoms with Gasteiger partial charge in [-0.2, -0.15) is 15.6 Å². The third kappa shape index (κ3) is 2.73. The molecule has 7 nitrogen and oxygen atoms in total. The average molecular weight is 318 g/mol. The molecule has 2 rings (SSSR count). The summed E-state index contributed by atoms with van der Waals surface area (Å²) >= 11 is 0. The summed E-state index contributed by atoms with van der Waals surface area (Å²) in [5.41, 5.74) is 1.45. The largest absolute Gasteiger partial charge is 0.399 e. The van der Waals surface area contributed by atoms with E-state index in [1.54, 1.807) is 19.1 Å². The maximum Gasteiger partial charge on any atom is 0.281 e. The number of oxime groups is 1. The van der Waals surface area contributed by atoms with E-state index in [0.29, 0.717) is 11.4 Å². The lowest BCUT2D eigenvalue weighted by atomic mass is 9.75. The number of amides is 1. The summed E-state index contributed by atoms with van der Waals surface area (Å²) in [6.45, 7) is 7.36. The van der Waals surface area contributed by atoms with Crippen LogP contribution in [0.2, 0.25) is 0 Å². The summed E-state index contributed by atoms with van der Waals surface area (Å²) in [5.74, 6) is -0.436. The summed E-state index contributed by atoms with van der Waals surface area (Å²) in [6.07, 6.45) is 0. The lowest BCUT2D eigenvalue weighted by Gasteiger charge is -2.32. The van der Waals surface area contributed by atoms with E-state index >= 15 is 0 Å². The molecule has 7 heteroatoms. The predicted octanol–water partition coefficient (Wildman–Crippen LogP) is 2.18. The van der Waals surface area contributed by atoms with Gasteiger partial charge in [0.2, 0.25) is 5.54 Å². The molecule has 2 N–H and O–H groups in total. The molecule has 1 amide bonds. The first-order valence-corrected chi connectivity index (χ1v) is 7.27. The molecule has 0 radical (unpaired) electrons. The van der Waals surface area contributed by atoms with E-state index in [-0.39, 0.29) is 5.71 Å². The third-order valence-electron chi connectivity index (χ3n) is 3.72. The van der Waals surface area contributed by atoms with Crippen LogP contribution >= 0.6 is 0 Å². The summed E-state index contributed by atoms with van der Waals surface area (Å²) < 4.78 is 0. The summed E-state index contributed by atoms with van der Waals surface area (Å²) in [7, 11) is 1.39. The van der Waals surface area contributed by atoms with Crippen LogP contribution in [0.15, 0.2) is 40.6 Å². The first kappa shape index (κ1) is 17.1. The molecule has 0 bridgehead atoms. The highest BCUT2D eigenvalue weighted by Gasteiger charge is 2.57. The third-order valence-corrected chi connectivity index (χ3v) is 3.72. The molecule has 0 fully saturated rings. The number of hydrogen-bond acceptors (Lipinski definition) is 6. The van der Waals surface area contributed by atoms with Crippen molar-refractivity contribution in [1.82, 2.24) is 5.48 Å². The Morgan fingerprint density at radius 1 is 1.35 bits per heavy atom. The van der Waals surface area contributed by atoms with E-state index in [1.807, 2.05) is 39.0 Å². The molecular formula is C16H22N4O3. The van der Waals surface area contributed by atoms with Crippen LogP contribution in [0.5, 0.6) is 0 Å². The van der Waals surface area contributed by atoms with Crippen molar-refractivity contribution >= 4 is 23.0 Å². The number of benzene rings is 1. The van der Waals surface area contributed by atoms with Crippen LogP contribution in [-0.4, -0.2) is 35.2 Å². The number of nitrogens with zero attached hydrogens (tertiary/aromatic N) is 3. The number of nitrogens with one attached hydrogen (secondary N) is 1. The van der Waals surface area contributed by atoms with Gasteiger partial charge >= 0.3 is 0 Å². The SMILES string of the molecule is CO/N=C(\C)C1(NO)C(=O)N(c2ccccc2)N=C1C(C)(C)C. The van der Waals surface area contributed by atoms with E-state index in [9.17, 15) is 10.0 Å². The Labute approximate surface area is 135 Å². The highest BCUT2D eigenvalue weighted by molar-refractivity contribution is 6.38. The Balaban J connectivity index is 2.65. The summed E-state index contributed by atoms with van der Waals surface area (Å²) in [6, 6.07) is 9.04. The van der Waals surface area contributed by atoms with Crippen LogP contribution in [0.3, 0.4) is 0 Å². The second-order valence-corrected chi connectivity index (χ2v) is 6.37. The molecule has 0 saturated carbocycles. The highest BCUT2D eigenvalue weighted by Crippen LogP contribution is 2.35. The Kier molecular flexibility index (Phi) is 4.53. The Bertz CT molecular complexity index is 649. The van der Waals surface area contributed by atoms with Gasteiger partial charge in [0.05, 0.1) is 17.1 Å². The van der Waals surface area contributed by atoms with Gasteiger partial charge in [0.25, 0.3) is 5.91 Å². The molecule has 1 aliphatic rings. The van der Waals surface area contributed by atoms with Gasteiger partial charge in [-0.1, -0.05) is 44.1 Å². The normalized spacial score (nSPS) is 22.3. The monoisotopic (exact) mass is 318 g/mol. The molecule has 23 heavy (non-hydrogen) atoms. The number of anilines is 1. The van der Waals surface area contributed by atoms with Crippen molar-refractivity contribution in [2.75, 3.05) is 12.1 Å². The van der Waals surface area contributed by atoms with Crippen molar-refractivity contribution in [2.45, 2.75) is 33.2 Å². The molecule has 1 heterocycles. The molecule has 0 aromatic heterocycles. The number of para-hydroxylation sites is 1. The van der Waals surface area contributed by atoms with Gasteiger partial charge in [0.1, 0.15) is 7.11 Å². The lowest BCUT2D eigenvalue weighted by Crippen LogP contribution is -2.64. The fraction of sp³-hybridized carbons (Fsp3) is 0.438. The number of hydroxylamine groups is 1. The Morgan fingerprint density at radius 2 is 1.96 bits per heavy atom. The van der Waals surface area contributed by atoms with Crippen LogP contribution in [0, 0.1) is 5.41 Å². The molecule has 1 aliphatic heterocycles. The minimum Gasteiger partial charge on any atom is -0.399 e. The quantitative estimate of drug-likeness (QED) is 0.658. The standard InChI is InChI=1S/C16H22N4O3/c1-11(18-23-5)16(19-22)13(15(2,3)4)17-20(14(16)21)12-9-7-6-8-10-12/h6-10,19,22H,1-5H3/b18-11+. The zero-order valence-corrected chi connectivity index (χ0v) is 14.0. The second-order valence-electron chi connectivity index (χ2n) is 6.37. The molecule has 1 aromatic carbocycles. The van der Waals surface area contributed by atoms with Crippen LogP contribution < -0.4 is 10.5 Å². The zero-order chi connectivity index (χ0) is 17.3. The van der Waals surface area contributed by atoms with Gasteiger partial charge < -0.3 is 10.0 Å². The van der Waals surface area contributed by atoms with E-state index in [0.717, 1.165) is 0 Å². The predicted molar refractivity (Wildman–Crippen MR) is 88.6 cm³/mol. The van der Waals surface area contributed by atoms with Gasteiger partial charge in [0, 0.05) is 5.41 Å². The van der Waals surface area contributed by atoms with E-state index < -0.39 is 16.9 Å². The smallest absolute Gasteiger partial charge is 0.281 e. The molecule has 0 saturated heterocycles. The number of hydrazone groups is 1. The van der Waals surface area contributed by atoms with Gasteiger partial charge in [-0.25, -0.2) is 0 Å². The molecule has 124 valence electrons. The zero-order valence-electron chi connectivity index (χ0n) is 14.0. The molecule has 0 spiro atoms. The fourth-order valence-electron chi connectivity index (χ4n) is 2.65. The van der Waals surface area contributed by atoms with Crippen LogP contribution in [0.1, 0.15) is 27.7 Å². The topological polar surface area (TPSA) is 86.5 Å². The number of carbonyl (C=O) groups excluding carboxylic acids is 1. The molecule has 1 aromatic rings. The molecule has 0 aliphatic carbocycles. The van der Waals surface area contributed by atoms with E-state index in [2.05, 4.69) is 15.7 Å². The maximum absolute atomic E-state index is 13.1. The summed E-state index contributed by atoms with van der Waals surface area (Å²) in [4.78, 5) is 17.9. The van der Waals surface area contributed by atoms with E-state index in [1.165, 1.54) is 12.1 Å². The lowest BCUT2D eigenvalue weighted by molar-refractivity contribution is -0.122. The van der Waals surface area contributed by atoms with Crippen molar-refractivity contribution in [3.63, 3.8) is 0 Å².